The van der Waals surface area contributed by atoms with Crippen molar-refractivity contribution in [1.29, 1.82) is 0 Å². The summed E-state index contributed by atoms with van der Waals surface area (Å²) < 4.78 is 26.2. The van der Waals surface area contributed by atoms with E-state index < -0.39 is 10.0 Å². The number of thiophene rings is 1. The Hall–Kier alpha value is -1.21. The van der Waals surface area contributed by atoms with Gasteiger partial charge in [0, 0.05) is 30.4 Å². The predicted molar refractivity (Wildman–Crippen MR) is 82.0 cm³/mol. The number of hydrogen-bond donors (Lipinski definition) is 1. The van der Waals surface area contributed by atoms with Crippen molar-refractivity contribution in [2.45, 2.75) is 24.9 Å². The van der Waals surface area contributed by atoms with Gasteiger partial charge in [0.05, 0.1) is 4.90 Å². The number of aryl methyl sites for hydroxylation is 1. The number of hydrogen-bond acceptors (Lipinski definition) is 4. The Labute approximate surface area is 123 Å². The summed E-state index contributed by atoms with van der Waals surface area (Å²) in [4.78, 5) is 1.19. The van der Waals surface area contributed by atoms with E-state index in [9.17, 15) is 8.42 Å². The second-order valence-electron chi connectivity index (χ2n) is 4.70. The zero-order valence-corrected chi connectivity index (χ0v) is 13.2. The number of nitrogens with zero attached hydrogens (tertiary/aromatic N) is 1. The SMILES string of the molecule is Cc1ccc(CN(C)S(=O)(=O)c2csc(CN)c2)cc1. The fourth-order valence-corrected chi connectivity index (χ4v) is 4.12. The van der Waals surface area contributed by atoms with E-state index in [0.717, 1.165) is 16.0 Å². The molecule has 0 saturated heterocycles. The van der Waals surface area contributed by atoms with Crippen LogP contribution in [-0.2, 0) is 23.1 Å². The molecule has 0 saturated carbocycles. The van der Waals surface area contributed by atoms with Gasteiger partial charge in [-0.15, -0.1) is 11.3 Å². The molecular weight excluding hydrogens is 292 g/mol. The van der Waals surface area contributed by atoms with E-state index in [1.807, 2.05) is 31.2 Å². The van der Waals surface area contributed by atoms with Gasteiger partial charge in [0.25, 0.3) is 0 Å². The van der Waals surface area contributed by atoms with Crippen molar-refractivity contribution in [2.24, 2.45) is 5.73 Å². The molecule has 2 rings (SSSR count). The maximum Gasteiger partial charge on any atom is 0.243 e. The molecule has 1 aromatic heterocycles. The van der Waals surface area contributed by atoms with Gasteiger partial charge in [-0.1, -0.05) is 29.8 Å². The number of sulfonamides is 1. The van der Waals surface area contributed by atoms with Gasteiger partial charge in [-0.2, -0.15) is 4.31 Å². The highest BCUT2D eigenvalue weighted by Crippen LogP contribution is 2.22. The molecule has 0 amide bonds. The first-order valence-corrected chi connectivity index (χ1v) is 8.55. The molecule has 2 N–H and O–H groups in total. The molecular formula is C14H18N2O2S2. The van der Waals surface area contributed by atoms with Gasteiger partial charge in [-0.05, 0) is 18.6 Å². The van der Waals surface area contributed by atoms with Gasteiger partial charge in [0.1, 0.15) is 0 Å². The number of benzene rings is 1. The van der Waals surface area contributed by atoms with Crippen LogP contribution >= 0.6 is 11.3 Å². The summed E-state index contributed by atoms with van der Waals surface area (Å²) in [5.74, 6) is 0. The van der Waals surface area contributed by atoms with Gasteiger partial charge in [0.15, 0.2) is 0 Å². The Morgan fingerprint density at radius 3 is 2.45 bits per heavy atom. The molecule has 20 heavy (non-hydrogen) atoms. The van der Waals surface area contributed by atoms with E-state index in [0.29, 0.717) is 18.0 Å². The van der Waals surface area contributed by atoms with Crippen LogP contribution in [0.2, 0.25) is 0 Å². The lowest BCUT2D eigenvalue weighted by molar-refractivity contribution is 0.467. The first-order valence-electron chi connectivity index (χ1n) is 6.23. The smallest absolute Gasteiger partial charge is 0.243 e. The Morgan fingerprint density at radius 2 is 1.90 bits per heavy atom. The highest BCUT2D eigenvalue weighted by Gasteiger charge is 2.22. The van der Waals surface area contributed by atoms with Crippen LogP contribution in [0.1, 0.15) is 16.0 Å². The molecule has 6 heteroatoms. The highest BCUT2D eigenvalue weighted by atomic mass is 32.2. The Kier molecular flexibility index (Phi) is 4.59. The van der Waals surface area contributed by atoms with Crippen molar-refractivity contribution in [1.82, 2.24) is 4.31 Å². The standard InChI is InChI=1S/C14H18N2O2S2/c1-11-3-5-12(6-4-11)9-16(2)20(17,18)14-7-13(8-15)19-10-14/h3-7,10H,8-9,15H2,1-2H3. The largest absolute Gasteiger partial charge is 0.326 e. The summed E-state index contributed by atoms with van der Waals surface area (Å²) in [6.45, 7) is 2.72. The van der Waals surface area contributed by atoms with Crippen molar-refractivity contribution >= 4 is 21.4 Å². The summed E-state index contributed by atoms with van der Waals surface area (Å²) in [5.41, 5.74) is 7.65. The van der Waals surface area contributed by atoms with Crippen LogP contribution in [0.4, 0.5) is 0 Å². The van der Waals surface area contributed by atoms with Gasteiger partial charge in [-0.3, -0.25) is 0 Å². The van der Waals surface area contributed by atoms with E-state index in [2.05, 4.69) is 0 Å². The van der Waals surface area contributed by atoms with Gasteiger partial charge in [-0.25, -0.2) is 8.42 Å². The van der Waals surface area contributed by atoms with Gasteiger partial charge < -0.3 is 5.73 Å². The average molecular weight is 310 g/mol. The zero-order chi connectivity index (χ0) is 14.8. The molecule has 108 valence electrons. The van der Waals surface area contributed by atoms with Gasteiger partial charge >= 0.3 is 0 Å². The van der Waals surface area contributed by atoms with Crippen LogP contribution in [0.3, 0.4) is 0 Å². The minimum Gasteiger partial charge on any atom is -0.326 e. The molecule has 0 aliphatic heterocycles. The Morgan fingerprint density at radius 1 is 1.25 bits per heavy atom. The van der Waals surface area contributed by atoms with Crippen molar-refractivity contribution in [3.05, 3.63) is 51.7 Å². The summed E-state index contributed by atoms with van der Waals surface area (Å²) in [6.07, 6.45) is 0. The minimum atomic E-state index is -3.45. The number of nitrogens with two attached hydrogens (primary N) is 1. The third kappa shape index (κ3) is 3.27. The molecule has 0 aliphatic rings. The van der Waals surface area contributed by atoms with Crippen molar-refractivity contribution < 1.29 is 8.42 Å². The lowest BCUT2D eigenvalue weighted by atomic mass is 10.1. The van der Waals surface area contributed by atoms with Crippen LogP contribution in [0.5, 0.6) is 0 Å². The normalized spacial score (nSPS) is 12.0. The summed E-state index contributed by atoms with van der Waals surface area (Å²) in [7, 11) is -1.86. The second kappa shape index (κ2) is 6.05. The first kappa shape index (κ1) is 15.2. The number of rotatable bonds is 5. The first-order chi connectivity index (χ1) is 9.43. The van der Waals surface area contributed by atoms with E-state index in [4.69, 9.17) is 5.73 Å². The van der Waals surface area contributed by atoms with Crippen LogP contribution in [-0.4, -0.2) is 19.8 Å². The molecule has 0 atom stereocenters. The van der Waals surface area contributed by atoms with Crippen molar-refractivity contribution in [2.75, 3.05) is 7.05 Å². The molecule has 1 heterocycles. The molecule has 2 aromatic rings. The van der Waals surface area contributed by atoms with Crippen LogP contribution in [0, 0.1) is 6.92 Å². The highest BCUT2D eigenvalue weighted by molar-refractivity contribution is 7.89. The molecule has 1 aromatic carbocycles. The average Bonchev–Trinajstić information content (AvgIpc) is 2.90. The van der Waals surface area contributed by atoms with E-state index in [1.165, 1.54) is 15.6 Å². The van der Waals surface area contributed by atoms with Gasteiger partial charge in [0.2, 0.25) is 10.0 Å². The lowest BCUT2D eigenvalue weighted by Crippen LogP contribution is -2.26. The summed E-state index contributed by atoms with van der Waals surface area (Å²) in [5, 5.41) is 1.64. The quantitative estimate of drug-likeness (QED) is 0.922. The molecule has 0 aliphatic carbocycles. The Balaban J connectivity index is 2.18. The van der Waals surface area contributed by atoms with Crippen molar-refractivity contribution in [3.63, 3.8) is 0 Å². The minimum absolute atomic E-state index is 0.317. The molecule has 0 fully saturated rings. The van der Waals surface area contributed by atoms with Crippen LogP contribution in [0.25, 0.3) is 0 Å². The molecule has 0 radical (unpaired) electrons. The molecule has 0 unspecified atom stereocenters. The summed E-state index contributed by atoms with van der Waals surface area (Å²) in [6, 6.07) is 9.49. The molecule has 0 bridgehead atoms. The van der Waals surface area contributed by atoms with E-state index in [1.54, 1.807) is 18.5 Å². The predicted octanol–water partition coefficient (Wildman–Crippen LogP) is 2.34. The monoisotopic (exact) mass is 310 g/mol. The van der Waals surface area contributed by atoms with Crippen molar-refractivity contribution in [3.8, 4) is 0 Å². The topological polar surface area (TPSA) is 63.4 Å². The third-order valence-corrected chi connectivity index (χ3v) is 5.95. The fraction of sp³-hybridized carbons (Fsp3) is 0.286. The molecule has 0 spiro atoms. The molecule has 4 nitrogen and oxygen atoms in total. The zero-order valence-electron chi connectivity index (χ0n) is 11.5. The maximum atomic E-state index is 12.4. The van der Waals surface area contributed by atoms with Crippen LogP contribution < -0.4 is 5.73 Å². The van der Waals surface area contributed by atoms with E-state index in [-0.39, 0.29) is 0 Å². The van der Waals surface area contributed by atoms with E-state index >= 15 is 0 Å². The van der Waals surface area contributed by atoms with Crippen LogP contribution in [0.15, 0.2) is 40.6 Å². The fourth-order valence-electron chi connectivity index (χ4n) is 1.82. The summed E-state index contributed by atoms with van der Waals surface area (Å²) >= 11 is 1.37. The Bertz CT molecular complexity index is 675. The second-order valence-corrected chi connectivity index (χ2v) is 7.74. The third-order valence-electron chi connectivity index (χ3n) is 3.06. The lowest BCUT2D eigenvalue weighted by Gasteiger charge is -2.16. The maximum absolute atomic E-state index is 12.4.